The fourth-order valence-electron chi connectivity index (χ4n) is 4.01. The number of benzene rings is 2. The number of ether oxygens (including phenoxy) is 3. The molecule has 0 radical (unpaired) electrons. The third-order valence-electron chi connectivity index (χ3n) is 5.55. The van der Waals surface area contributed by atoms with Gasteiger partial charge in [0.15, 0.2) is 16.6 Å². The summed E-state index contributed by atoms with van der Waals surface area (Å²) in [5.74, 6) is -0.116. The van der Waals surface area contributed by atoms with E-state index in [4.69, 9.17) is 14.2 Å². The second-order valence-corrected chi connectivity index (χ2v) is 8.80. The molecule has 2 heterocycles. The quantitative estimate of drug-likeness (QED) is 0.224. The molecule has 0 saturated carbocycles. The fraction of sp³-hybridized carbons (Fsp3) is 0.296. The molecular formula is C27H28N2O6S. The Hall–Kier alpha value is -3.85. The Labute approximate surface area is 213 Å². The van der Waals surface area contributed by atoms with Crippen molar-refractivity contribution in [1.29, 1.82) is 0 Å². The van der Waals surface area contributed by atoms with Gasteiger partial charge in [0.1, 0.15) is 11.5 Å². The molecule has 1 atom stereocenters. The first kappa shape index (κ1) is 25.2. The molecule has 9 heteroatoms. The van der Waals surface area contributed by atoms with Gasteiger partial charge in [-0.3, -0.25) is 14.5 Å². The van der Waals surface area contributed by atoms with E-state index in [0.717, 1.165) is 6.42 Å². The standard InChI is InChI=1S/C27H28N2O6S/c1-4-14-35-20-12-9-18(16-21(20)34-6-3)23-22(24(30)17-7-10-19(11-8-17)33-5-2)25(31)26(32)29(23)27-28-13-15-36-27/h7-13,15-16,23,30H,4-6,14H2,1-3H3. The zero-order chi connectivity index (χ0) is 25.7. The molecule has 1 N–H and O–H groups in total. The van der Waals surface area contributed by atoms with Crippen molar-refractivity contribution in [3.05, 3.63) is 70.7 Å². The number of Topliss-reactive ketones (excluding diaryl/α,β-unsaturated/α-hetero) is 1. The monoisotopic (exact) mass is 508 g/mol. The van der Waals surface area contributed by atoms with Gasteiger partial charge in [-0.15, -0.1) is 11.3 Å². The van der Waals surface area contributed by atoms with Crippen molar-refractivity contribution >= 4 is 33.9 Å². The van der Waals surface area contributed by atoms with Crippen LogP contribution in [0.2, 0.25) is 0 Å². The van der Waals surface area contributed by atoms with Crippen LogP contribution < -0.4 is 19.1 Å². The molecule has 1 aromatic heterocycles. The van der Waals surface area contributed by atoms with Gasteiger partial charge in [-0.25, -0.2) is 4.98 Å². The van der Waals surface area contributed by atoms with E-state index in [2.05, 4.69) is 4.98 Å². The smallest absolute Gasteiger partial charge is 0.301 e. The molecule has 0 spiro atoms. The van der Waals surface area contributed by atoms with Crippen LogP contribution in [0.4, 0.5) is 5.13 Å². The highest BCUT2D eigenvalue weighted by Gasteiger charge is 2.48. The number of aliphatic hydroxyl groups is 1. The van der Waals surface area contributed by atoms with E-state index >= 15 is 0 Å². The van der Waals surface area contributed by atoms with E-state index < -0.39 is 17.7 Å². The SMILES string of the molecule is CCCOc1ccc(C2C(=C(O)c3ccc(OCC)cc3)C(=O)C(=O)N2c2nccs2)cc1OCC. The van der Waals surface area contributed by atoms with Crippen LogP contribution in [0, 0.1) is 0 Å². The Bertz CT molecular complexity index is 1250. The Morgan fingerprint density at radius 2 is 1.75 bits per heavy atom. The Morgan fingerprint density at radius 3 is 2.39 bits per heavy atom. The Morgan fingerprint density at radius 1 is 1.00 bits per heavy atom. The van der Waals surface area contributed by atoms with Crippen molar-refractivity contribution in [1.82, 2.24) is 4.98 Å². The molecule has 1 amide bonds. The minimum Gasteiger partial charge on any atom is -0.507 e. The number of anilines is 1. The Balaban J connectivity index is 1.86. The van der Waals surface area contributed by atoms with Gasteiger partial charge in [0.05, 0.1) is 31.4 Å². The summed E-state index contributed by atoms with van der Waals surface area (Å²) in [4.78, 5) is 32.1. The van der Waals surface area contributed by atoms with Crippen LogP contribution in [0.5, 0.6) is 17.2 Å². The third kappa shape index (κ3) is 4.92. The van der Waals surface area contributed by atoms with Crippen molar-refractivity contribution in [2.75, 3.05) is 24.7 Å². The lowest BCUT2D eigenvalue weighted by molar-refractivity contribution is -0.132. The maximum Gasteiger partial charge on any atom is 0.301 e. The zero-order valence-corrected chi connectivity index (χ0v) is 21.2. The van der Waals surface area contributed by atoms with Gasteiger partial charge in [0, 0.05) is 17.1 Å². The molecule has 1 aliphatic heterocycles. The highest BCUT2D eigenvalue weighted by atomic mass is 32.1. The van der Waals surface area contributed by atoms with Crippen LogP contribution in [0.15, 0.2) is 59.6 Å². The normalized spacial score (nSPS) is 16.9. The summed E-state index contributed by atoms with van der Waals surface area (Å²) in [7, 11) is 0. The lowest BCUT2D eigenvalue weighted by Gasteiger charge is -2.24. The summed E-state index contributed by atoms with van der Waals surface area (Å²) >= 11 is 1.24. The van der Waals surface area contributed by atoms with E-state index in [9.17, 15) is 14.7 Å². The van der Waals surface area contributed by atoms with Crippen molar-refractivity contribution < 1.29 is 28.9 Å². The van der Waals surface area contributed by atoms with Crippen molar-refractivity contribution in [2.45, 2.75) is 33.2 Å². The number of hydrogen-bond donors (Lipinski definition) is 1. The summed E-state index contributed by atoms with van der Waals surface area (Å²) in [6.07, 6.45) is 2.40. The predicted molar refractivity (Wildman–Crippen MR) is 138 cm³/mol. The molecule has 0 aliphatic carbocycles. The molecule has 1 unspecified atom stereocenters. The number of carbonyl (C=O) groups excluding carboxylic acids is 2. The van der Waals surface area contributed by atoms with Gasteiger partial charge in [-0.2, -0.15) is 0 Å². The first-order valence-electron chi connectivity index (χ1n) is 11.8. The summed E-state index contributed by atoms with van der Waals surface area (Å²) < 4.78 is 17.1. The van der Waals surface area contributed by atoms with Gasteiger partial charge in [-0.1, -0.05) is 13.0 Å². The van der Waals surface area contributed by atoms with Crippen LogP contribution in [0.25, 0.3) is 5.76 Å². The van der Waals surface area contributed by atoms with Crippen LogP contribution in [-0.2, 0) is 9.59 Å². The summed E-state index contributed by atoms with van der Waals surface area (Å²) in [6.45, 7) is 7.19. The second kappa shape index (κ2) is 11.3. The maximum absolute atomic E-state index is 13.3. The minimum atomic E-state index is -0.901. The largest absolute Gasteiger partial charge is 0.507 e. The Kier molecular flexibility index (Phi) is 7.90. The molecule has 1 fully saturated rings. The topological polar surface area (TPSA) is 98.2 Å². The summed E-state index contributed by atoms with van der Waals surface area (Å²) in [5, 5.41) is 13.4. The number of ketones is 1. The van der Waals surface area contributed by atoms with E-state index in [1.54, 1.807) is 54.0 Å². The molecule has 4 rings (SSSR count). The van der Waals surface area contributed by atoms with E-state index in [0.29, 0.717) is 53.3 Å². The summed E-state index contributed by atoms with van der Waals surface area (Å²) in [6, 6.07) is 11.1. The molecule has 1 aliphatic rings. The van der Waals surface area contributed by atoms with Crippen molar-refractivity contribution in [3.63, 3.8) is 0 Å². The number of aliphatic hydroxyl groups excluding tert-OH is 1. The number of rotatable bonds is 10. The molecule has 188 valence electrons. The van der Waals surface area contributed by atoms with Gasteiger partial charge < -0.3 is 19.3 Å². The van der Waals surface area contributed by atoms with E-state index in [-0.39, 0.29) is 11.3 Å². The summed E-state index contributed by atoms with van der Waals surface area (Å²) in [5.41, 5.74) is 0.960. The van der Waals surface area contributed by atoms with E-state index in [1.807, 2.05) is 20.8 Å². The lowest BCUT2D eigenvalue weighted by atomic mass is 9.95. The zero-order valence-electron chi connectivity index (χ0n) is 20.4. The second-order valence-electron chi connectivity index (χ2n) is 7.93. The fourth-order valence-corrected chi connectivity index (χ4v) is 4.67. The first-order chi connectivity index (χ1) is 17.5. The molecule has 1 saturated heterocycles. The van der Waals surface area contributed by atoms with Crippen molar-refractivity contribution in [3.8, 4) is 17.2 Å². The molecule has 36 heavy (non-hydrogen) atoms. The van der Waals surface area contributed by atoms with Gasteiger partial charge in [0.2, 0.25) is 0 Å². The predicted octanol–water partition coefficient (Wildman–Crippen LogP) is 5.36. The van der Waals surface area contributed by atoms with Crippen LogP contribution >= 0.6 is 11.3 Å². The minimum absolute atomic E-state index is 0.0240. The number of thiazole rings is 1. The van der Waals surface area contributed by atoms with E-state index in [1.165, 1.54) is 16.2 Å². The average Bonchev–Trinajstić information content (AvgIpc) is 3.50. The van der Waals surface area contributed by atoms with Crippen LogP contribution in [0.1, 0.15) is 44.4 Å². The lowest BCUT2D eigenvalue weighted by Crippen LogP contribution is -2.29. The van der Waals surface area contributed by atoms with Crippen molar-refractivity contribution in [2.24, 2.45) is 0 Å². The highest BCUT2D eigenvalue weighted by Crippen LogP contribution is 2.44. The average molecular weight is 509 g/mol. The van der Waals surface area contributed by atoms with Gasteiger partial charge >= 0.3 is 5.91 Å². The molecule has 2 aromatic carbocycles. The number of carbonyl (C=O) groups is 2. The molecule has 3 aromatic rings. The third-order valence-corrected chi connectivity index (χ3v) is 6.32. The highest BCUT2D eigenvalue weighted by molar-refractivity contribution is 7.14. The number of amides is 1. The van der Waals surface area contributed by atoms with Crippen LogP contribution in [-0.4, -0.2) is 41.6 Å². The number of hydrogen-bond acceptors (Lipinski definition) is 8. The number of aromatic nitrogens is 1. The molecule has 8 nitrogen and oxygen atoms in total. The van der Waals surface area contributed by atoms with Gasteiger partial charge in [0.25, 0.3) is 5.78 Å². The number of nitrogens with zero attached hydrogens (tertiary/aromatic N) is 2. The molecule has 0 bridgehead atoms. The van der Waals surface area contributed by atoms with Crippen LogP contribution in [0.3, 0.4) is 0 Å². The van der Waals surface area contributed by atoms with Gasteiger partial charge in [-0.05, 0) is 62.2 Å². The first-order valence-corrected chi connectivity index (χ1v) is 12.7. The maximum atomic E-state index is 13.3. The molecular weight excluding hydrogens is 480 g/mol.